The smallest absolute Gasteiger partial charge is 0.344 e. The summed E-state index contributed by atoms with van der Waals surface area (Å²) in [6.07, 6.45) is 24.2. The predicted octanol–water partition coefficient (Wildman–Crippen LogP) is 11.8. The lowest BCUT2D eigenvalue weighted by Gasteiger charge is -2.62. The molecule has 17 aliphatic rings. The number of carbonyl (C=O) groups is 7. The molecule has 8 unspecified atom stereocenters. The summed E-state index contributed by atoms with van der Waals surface area (Å²) in [5.41, 5.74) is -2.29. The summed E-state index contributed by atoms with van der Waals surface area (Å²) >= 11 is 0. The van der Waals surface area contributed by atoms with E-state index >= 15 is 0 Å². The summed E-state index contributed by atoms with van der Waals surface area (Å²) in [6, 6.07) is 0. The Hall–Kier alpha value is -5.13. The molecule has 2 saturated heterocycles. The van der Waals surface area contributed by atoms with Gasteiger partial charge in [-0.3, -0.25) is 4.79 Å². The molecule has 15 aliphatic carbocycles. The van der Waals surface area contributed by atoms with Gasteiger partial charge in [0.1, 0.15) is 34.1 Å². The Morgan fingerprint density at radius 3 is 1.42 bits per heavy atom. The molecular formula is C72H104O17. The van der Waals surface area contributed by atoms with E-state index in [1.165, 1.54) is 58.3 Å². The molecular weight excluding hydrogens is 1140 g/mol. The third-order valence-electron chi connectivity index (χ3n) is 22.7. The van der Waals surface area contributed by atoms with Crippen molar-refractivity contribution in [2.45, 2.75) is 280 Å². The lowest BCUT2D eigenvalue weighted by atomic mass is 9.47. The minimum absolute atomic E-state index is 0.162. The van der Waals surface area contributed by atoms with Crippen LogP contribution in [0.25, 0.3) is 0 Å². The zero-order valence-electron chi connectivity index (χ0n) is 54.7. The van der Waals surface area contributed by atoms with Crippen LogP contribution in [0.5, 0.6) is 0 Å². The first-order chi connectivity index (χ1) is 41.5. The van der Waals surface area contributed by atoms with Crippen LogP contribution < -0.4 is 0 Å². The lowest BCUT2D eigenvalue weighted by molar-refractivity contribution is -0.260. The monoisotopic (exact) mass is 1240 g/mol. The molecule has 17 heteroatoms. The second kappa shape index (κ2) is 25.8. The number of carbonyl (C=O) groups excluding carboxylic acids is 7. The molecule has 3 N–H and O–H groups in total. The van der Waals surface area contributed by atoms with Crippen molar-refractivity contribution < 1.29 is 82.0 Å². The maximum absolute atomic E-state index is 12.1. The SMILES string of the molecule is C=C(C)C(=O)OC1(C(C)C)C2CC3CC(C2)CC1C3.C=C(C)C(=O)OC1(CC)CCCC1.C=C(C)C(=O)OC12CC3CC(CC(O)(C3)C1)C2.C=C(C)C(=O)OC12CC3CC(O)(CC(O)(C3)C1)C2.C=C(C)C(=O)OCC(=O)OC12CC3CC(C1)OC(=O)C(C3)C2. The molecule has 0 aromatic carbocycles. The molecule has 0 spiro atoms. The van der Waals surface area contributed by atoms with Gasteiger partial charge in [-0.25, -0.2) is 28.8 Å². The van der Waals surface area contributed by atoms with Crippen LogP contribution in [0.15, 0.2) is 60.8 Å². The van der Waals surface area contributed by atoms with E-state index in [9.17, 15) is 48.9 Å². The van der Waals surface area contributed by atoms with Crippen LogP contribution in [-0.2, 0) is 66.7 Å². The van der Waals surface area contributed by atoms with Gasteiger partial charge in [0.15, 0.2) is 6.61 Å². The van der Waals surface area contributed by atoms with Crippen LogP contribution in [0.4, 0.5) is 0 Å². The average Bonchev–Trinajstić information content (AvgIpc) is 1.40. The molecule has 17 nitrogen and oxygen atoms in total. The van der Waals surface area contributed by atoms with Crippen molar-refractivity contribution in [3.05, 3.63) is 60.8 Å². The van der Waals surface area contributed by atoms with Gasteiger partial charge in [0.05, 0.1) is 22.7 Å². The maximum atomic E-state index is 12.1. The number of fused-ring (bicyclic) bond motifs is 1. The van der Waals surface area contributed by atoms with Crippen LogP contribution >= 0.6 is 0 Å². The Morgan fingerprint density at radius 1 is 0.483 bits per heavy atom. The molecule has 15 saturated carbocycles. The summed E-state index contributed by atoms with van der Waals surface area (Å²) < 4.78 is 38.7. The predicted molar refractivity (Wildman–Crippen MR) is 330 cm³/mol. The van der Waals surface area contributed by atoms with E-state index in [4.69, 9.17) is 33.2 Å². The normalized spacial score (nSPS) is 39.9. The van der Waals surface area contributed by atoms with Gasteiger partial charge in [-0.2, -0.15) is 0 Å². The third kappa shape index (κ3) is 15.2. The second-order valence-corrected chi connectivity index (χ2v) is 31.5. The van der Waals surface area contributed by atoms with Crippen LogP contribution in [0, 0.1) is 59.2 Å². The van der Waals surface area contributed by atoms with Gasteiger partial charge in [0.25, 0.3) is 0 Å². The van der Waals surface area contributed by atoms with Gasteiger partial charge in [-0.15, -0.1) is 0 Å². The highest BCUT2D eigenvalue weighted by Crippen LogP contribution is 2.64. The highest BCUT2D eigenvalue weighted by atomic mass is 16.6. The van der Waals surface area contributed by atoms with E-state index in [2.05, 4.69) is 53.7 Å². The summed E-state index contributed by atoms with van der Waals surface area (Å²) in [4.78, 5) is 82.2. The van der Waals surface area contributed by atoms with Gasteiger partial charge in [0, 0.05) is 66.4 Å². The van der Waals surface area contributed by atoms with Crippen molar-refractivity contribution in [3.63, 3.8) is 0 Å². The summed E-state index contributed by atoms with van der Waals surface area (Å²) in [5, 5.41) is 31.5. The van der Waals surface area contributed by atoms with Crippen molar-refractivity contribution in [3.8, 4) is 0 Å². The first kappa shape index (κ1) is 68.2. The Bertz CT molecular complexity index is 2770. The van der Waals surface area contributed by atoms with Crippen LogP contribution in [0.2, 0.25) is 0 Å². The number of hydrogen-bond acceptors (Lipinski definition) is 17. The molecule has 494 valence electrons. The lowest BCUT2D eigenvalue weighted by Crippen LogP contribution is -2.66. The van der Waals surface area contributed by atoms with E-state index in [1.54, 1.807) is 27.7 Å². The zero-order chi connectivity index (χ0) is 65.0. The van der Waals surface area contributed by atoms with Gasteiger partial charge in [-0.05, 0) is 223 Å². The molecule has 0 aromatic rings. The van der Waals surface area contributed by atoms with Gasteiger partial charge in [-0.1, -0.05) is 53.7 Å². The van der Waals surface area contributed by atoms with Crippen LogP contribution in [0.1, 0.15) is 229 Å². The first-order valence-corrected chi connectivity index (χ1v) is 33.5. The molecule has 0 radical (unpaired) electrons. The minimum atomic E-state index is -0.858. The van der Waals surface area contributed by atoms with Crippen molar-refractivity contribution >= 4 is 41.8 Å². The summed E-state index contributed by atoms with van der Waals surface area (Å²) in [6.45, 7) is 32.4. The summed E-state index contributed by atoms with van der Waals surface area (Å²) in [7, 11) is 0. The number of rotatable bonds is 14. The van der Waals surface area contributed by atoms with Crippen LogP contribution in [-0.4, -0.2) is 115 Å². The molecule has 0 amide bonds. The minimum Gasteiger partial charge on any atom is -0.462 e. The summed E-state index contributed by atoms with van der Waals surface area (Å²) in [5.74, 6) is 2.42. The van der Waals surface area contributed by atoms with Crippen LogP contribution in [0.3, 0.4) is 0 Å². The largest absolute Gasteiger partial charge is 0.462 e. The fourth-order valence-electron chi connectivity index (χ4n) is 20.4. The zero-order valence-corrected chi connectivity index (χ0v) is 54.7. The van der Waals surface area contributed by atoms with Crippen molar-refractivity contribution in [2.24, 2.45) is 59.2 Å². The fourth-order valence-corrected chi connectivity index (χ4v) is 20.4. The van der Waals surface area contributed by atoms with Gasteiger partial charge >= 0.3 is 41.8 Å². The number of ether oxygens (including phenoxy) is 7. The molecule has 17 fully saturated rings. The molecule has 16 bridgehead atoms. The van der Waals surface area contributed by atoms with Crippen molar-refractivity contribution in [1.29, 1.82) is 0 Å². The van der Waals surface area contributed by atoms with E-state index in [0.29, 0.717) is 96.3 Å². The van der Waals surface area contributed by atoms with E-state index in [-0.39, 0.29) is 58.6 Å². The maximum Gasteiger partial charge on any atom is 0.344 e. The first-order valence-electron chi connectivity index (χ1n) is 33.5. The highest BCUT2D eigenvalue weighted by Gasteiger charge is 2.65. The average molecular weight is 1240 g/mol. The van der Waals surface area contributed by atoms with Gasteiger partial charge in [0.2, 0.25) is 0 Å². The van der Waals surface area contributed by atoms with E-state index < -0.39 is 58.1 Å². The second-order valence-electron chi connectivity index (χ2n) is 31.5. The Kier molecular flexibility index (Phi) is 19.7. The standard InChI is InChI=1S/C17H26O2.C16H20O6.C14H20O4.C14H20O3.C11H18O2/c1-10(2)16(18)19-17(11(3)4)14-6-12-5-13(8-14)9-15(17)7-12;1-9(2)14(18)20-8-13(17)22-16-5-10-3-11(6-16)15(19)21-12(4-10)7-16;1-9(2)11(15)18-14-5-10-3-12(16,7-14)6-13(17,4-10)8-14;1-9(2)12(15)17-14-6-10-3-11(7-14)5-13(16,4-10)8-14;1-4-11(7-5-6-8-11)13-10(12)9(2)3/h11-15H,1,5-9H2,2-4H3;10-12H,1,3-8H2,2H3;10,16-17H,1,3-8H2,2H3;10-11,16H,1,3-8H2,2H3;2,4-8H2,1,3H3. The quantitative estimate of drug-likeness (QED) is 0.0831. The van der Waals surface area contributed by atoms with Crippen molar-refractivity contribution in [1.82, 2.24) is 0 Å². The molecule has 0 aromatic heterocycles. The molecule has 8 atom stereocenters. The molecule has 2 heterocycles. The van der Waals surface area contributed by atoms with E-state index in [0.717, 1.165) is 95.3 Å². The van der Waals surface area contributed by atoms with Gasteiger partial charge < -0.3 is 48.5 Å². The topological polar surface area (TPSA) is 245 Å². The third-order valence-corrected chi connectivity index (χ3v) is 22.7. The molecule has 89 heavy (non-hydrogen) atoms. The Labute approximate surface area is 527 Å². The van der Waals surface area contributed by atoms with E-state index in [1.807, 2.05) is 0 Å². The fraction of sp³-hybridized carbons (Fsp3) is 0.764. The number of esters is 7. The molecule has 2 aliphatic heterocycles. The number of hydrogen-bond donors (Lipinski definition) is 3. The highest BCUT2D eigenvalue weighted by molar-refractivity contribution is 5.89. The number of aliphatic hydroxyl groups is 3. The van der Waals surface area contributed by atoms with Crippen molar-refractivity contribution in [2.75, 3.05) is 6.61 Å². The Morgan fingerprint density at radius 2 is 0.933 bits per heavy atom. The molecule has 17 rings (SSSR count). The Balaban J connectivity index is 0.000000133.